The zero-order valence-electron chi connectivity index (χ0n) is 15.1. The molecule has 0 aliphatic heterocycles. The molecule has 0 bridgehead atoms. The van der Waals surface area contributed by atoms with Gasteiger partial charge in [-0.2, -0.15) is 9.90 Å². The van der Waals surface area contributed by atoms with Crippen LogP contribution in [0.5, 0.6) is 5.75 Å². The first kappa shape index (κ1) is 18.3. The highest BCUT2D eigenvalue weighted by Gasteiger charge is 2.19. The number of aromatic nitrogens is 3. The average molecular weight is 365 g/mol. The third-order valence-electron chi connectivity index (χ3n) is 3.78. The highest BCUT2D eigenvalue weighted by Crippen LogP contribution is 2.13. The molecule has 0 aliphatic rings. The minimum absolute atomic E-state index is 0.0818. The Morgan fingerprint density at radius 1 is 1.00 bits per heavy atom. The lowest BCUT2D eigenvalue weighted by molar-refractivity contribution is 0.0467. The van der Waals surface area contributed by atoms with Crippen molar-refractivity contribution in [3.05, 3.63) is 71.5 Å². The Morgan fingerprint density at radius 2 is 1.70 bits per heavy atom. The summed E-state index contributed by atoms with van der Waals surface area (Å²) in [6, 6.07) is 15.9. The second kappa shape index (κ2) is 8.27. The first-order valence-corrected chi connectivity index (χ1v) is 8.51. The van der Waals surface area contributed by atoms with Crippen molar-refractivity contribution in [3.63, 3.8) is 0 Å². The molecule has 0 aliphatic carbocycles. The lowest BCUT2D eigenvalue weighted by Crippen LogP contribution is -2.15. The Balaban J connectivity index is 1.64. The quantitative estimate of drug-likeness (QED) is 0.473. The topological polar surface area (TPSA) is 83.3 Å². The standard InChI is InChI=1S/C20H19N3O4/c1-3-26-17-11-9-15(10-12-17)18(24)13-27-20(25)19-14(2)21-23(22-19)16-7-5-4-6-8-16/h4-12H,3,13H2,1-2H3. The number of hydrogen-bond acceptors (Lipinski definition) is 6. The van der Waals surface area contributed by atoms with Crippen LogP contribution < -0.4 is 4.74 Å². The van der Waals surface area contributed by atoms with Crippen molar-refractivity contribution in [2.75, 3.05) is 13.2 Å². The van der Waals surface area contributed by atoms with Gasteiger partial charge >= 0.3 is 5.97 Å². The van der Waals surface area contributed by atoms with E-state index in [4.69, 9.17) is 9.47 Å². The number of ketones is 1. The number of Topliss-reactive ketones (excluding diaryl/α,β-unsaturated/α-hetero) is 1. The van der Waals surface area contributed by atoms with Gasteiger partial charge in [-0.1, -0.05) is 18.2 Å². The molecule has 2 aromatic carbocycles. The van der Waals surface area contributed by atoms with Gasteiger partial charge in [0.15, 0.2) is 18.1 Å². The fourth-order valence-electron chi connectivity index (χ4n) is 2.43. The Hall–Kier alpha value is -3.48. The maximum atomic E-state index is 12.3. The van der Waals surface area contributed by atoms with E-state index in [0.717, 1.165) is 5.69 Å². The first-order chi connectivity index (χ1) is 13.1. The van der Waals surface area contributed by atoms with Crippen molar-refractivity contribution in [3.8, 4) is 11.4 Å². The van der Waals surface area contributed by atoms with Gasteiger partial charge in [0, 0.05) is 5.56 Å². The van der Waals surface area contributed by atoms with Crippen LogP contribution in [0, 0.1) is 6.92 Å². The van der Waals surface area contributed by atoms with Gasteiger partial charge in [-0.25, -0.2) is 4.79 Å². The molecule has 0 N–H and O–H groups in total. The maximum absolute atomic E-state index is 12.3. The van der Waals surface area contributed by atoms with Gasteiger partial charge in [-0.3, -0.25) is 4.79 Å². The van der Waals surface area contributed by atoms with E-state index in [1.165, 1.54) is 4.80 Å². The SMILES string of the molecule is CCOc1ccc(C(=O)COC(=O)c2nn(-c3ccccc3)nc2C)cc1. The summed E-state index contributed by atoms with van der Waals surface area (Å²) in [6.45, 7) is 3.73. The van der Waals surface area contributed by atoms with E-state index in [-0.39, 0.29) is 18.1 Å². The van der Waals surface area contributed by atoms with E-state index in [1.54, 1.807) is 31.2 Å². The highest BCUT2D eigenvalue weighted by molar-refractivity contribution is 5.99. The van der Waals surface area contributed by atoms with Crippen LogP contribution in [-0.4, -0.2) is 40.0 Å². The number of carbonyl (C=O) groups is 2. The summed E-state index contributed by atoms with van der Waals surface area (Å²) >= 11 is 0. The zero-order chi connectivity index (χ0) is 19.2. The third kappa shape index (κ3) is 4.38. The molecule has 7 nitrogen and oxygen atoms in total. The van der Waals surface area contributed by atoms with Crippen molar-refractivity contribution in [1.82, 2.24) is 15.0 Å². The first-order valence-electron chi connectivity index (χ1n) is 8.51. The molecule has 0 atom stereocenters. The van der Waals surface area contributed by atoms with E-state index in [9.17, 15) is 9.59 Å². The zero-order valence-corrected chi connectivity index (χ0v) is 15.1. The van der Waals surface area contributed by atoms with Crippen LogP contribution in [0.4, 0.5) is 0 Å². The lowest BCUT2D eigenvalue weighted by atomic mass is 10.1. The van der Waals surface area contributed by atoms with E-state index in [2.05, 4.69) is 10.2 Å². The van der Waals surface area contributed by atoms with Gasteiger partial charge in [0.1, 0.15) is 5.75 Å². The van der Waals surface area contributed by atoms with Crippen molar-refractivity contribution >= 4 is 11.8 Å². The van der Waals surface area contributed by atoms with Crippen LogP contribution in [0.15, 0.2) is 54.6 Å². The monoisotopic (exact) mass is 365 g/mol. The molecular formula is C20H19N3O4. The van der Waals surface area contributed by atoms with E-state index < -0.39 is 5.97 Å². The molecule has 1 aromatic heterocycles. The van der Waals surface area contributed by atoms with Crippen LogP contribution in [-0.2, 0) is 4.74 Å². The number of nitrogens with zero attached hydrogens (tertiary/aromatic N) is 3. The molecule has 3 aromatic rings. The van der Waals surface area contributed by atoms with Crippen LogP contribution >= 0.6 is 0 Å². The molecule has 3 rings (SSSR count). The lowest BCUT2D eigenvalue weighted by Gasteiger charge is -2.05. The number of ether oxygens (including phenoxy) is 2. The van der Waals surface area contributed by atoms with Gasteiger partial charge in [-0.15, -0.1) is 5.10 Å². The van der Waals surface area contributed by atoms with Crippen LogP contribution in [0.3, 0.4) is 0 Å². The summed E-state index contributed by atoms with van der Waals surface area (Å²) in [5, 5.41) is 8.39. The van der Waals surface area contributed by atoms with Crippen LogP contribution in [0.25, 0.3) is 5.69 Å². The summed E-state index contributed by atoms with van der Waals surface area (Å²) < 4.78 is 10.5. The fraction of sp³-hybridized carbons (Fsp3) is 0.200. The molecule has 0 amide bonds. The molecule has 1 heterocycles. The molecule has 0 saturated carbocycles. The molecule has 0 unspecified atom stereocenters. The number of aryl methyl sites for hydroxylation is 1. The van der Waals surface area contributed by atoms with Gasteiger partial charge in [-0.05, 0) is 50.2 Å². The number of rotatable bonds is 7. The Kier molecular flexibility index (Phi) is 5.61. The number of esters is 1. The second-order valence-electron chi connectivity index (χ2n) is 5.72. The summed E-state index contributed by atoms with van der Waals surface area (Å²) in [4.78, 5) is 25.8. The number of benzene rings is 2. The van der Waals surface area contributed by atoms with Gasteiger partial charge < -0.3 is 9.47 Å². The molecule has 0 saturated heterocycles. The summed E-state index contributed by atoms with van der Waals surface area (Å²) in [6.07, 6.45) is 0. The maximum Gasteiger partial charge on any atom is 0.361 e. The number of hydrogen-bond donors (Lipinski definition) is 0. The highest BCUT2D eigenvalue weighted by atomic mass is 16.5. The largest absolute Gasteiger partial charge is 0.494 e. The van der Waals surface area contributed by atoms with Gasteiger partial charge in [0.2, 0.25) is 0 Å². The predicted octanol–water partition coefficient (Wildman–Crippen LogP) is 3.01. The second-order valence-corrected chi connectivity index (χ2v) is 5.72. The number of carbonyl (C=O) groups excluding carboxylic acids is 2. The third-order valence-corrected chi connectivity index (χ3v) is 3.78. The molecule has 0 radical (unpaired) electrons. The summed E-state index contributed by atoms with van der Waals surface area (Å²) in [7, 11) is 0. The van der Waals surface area contributed by atoms with Gasteiger partial charge in [0.25, 0.3) is 0 Å². The predicted molar refractivity (Wildman–Crippen MR) is 98.3 cm³/mol. The summed E-state index contributed by atoms with van der Waals surface area (Å²) in [5.74, 6) is -0.312. The van der Waals surface area contributed by atoms with Gasteiger partial charge in [0.05, 0.1) is 18.0 Å². The van der Waals surface area contributed by atoms with Crippen LogP contribution in [0.2, 0.25) is 0 Å². The van der Waals surface area contributed by atoms with Crippen LogP contribution in [0.1, 0.15) is 33.5 Å². The smallest absolute Gasteiger partial charge is 0.361 e. The molecule has 0 fully saturated rings. The molecule has 138 valence electrons. The van der Waals surface area contributed by atoms with E-state index in [0.29, 0.717) is 23.6 Å². The molecule has 27 heavy (non-hydrogen) atoms. The molecular weight excluding hydrogens is 346 g/mol. The average Bonchev–Trinajstić information content (AvgIpc) is 3.09. The van der Waals surface area contributed by atoms with E-state index in [1.807, 2.05) is 37.3 Å². The van der Waals surface area contributed by atoms with Crippen molar-refractivity contribution in [1.29, 1.82) is 0 Å². The minimum atomic E-state index is -0.686. The van der Waals surface area contributed by atoms with Crippen molar-refractivity contribution in [2.24, 2.45) is 0 Å². The Morgan fingerprint density at radius 3 is 2.37 bits per heavy atom. The minimum Gasteiger partial charge on any atom is -0.494 e. The fourth-order valence-corrected chi connectivity index (χ4v) is 2.43. The number of para-hydroxylation sites is 1. The molecule has 0 spiro atoms. The Labute approximate surface area is 156 Å². The Bertz CT molecular complexity index is 934. The van der Waals surface area contributed by atoms with Crippen molar-refractivity contribution < 1.29 is 19.1 Å². The van der Waals surface area contributed by atoms with E-state index >= 15 is 0 Å². The van der Waals surface area contributed by atoms with Crippen molar-refractivity contribution in [2.45, 2.75) is 13.8 Å². The molecule has 7 heteroatoms. The summed E-state index contributed by atoms with van der Waals surface area (Å²) in [5.41, 5.74) is 1.68. The normalized spacial score (nSPS) is 10.4.